The van der Waals surface area contributed by atoms with Gasteiger partial charge in [0.15, 0.2) is 0 Å². The topological polar surface area (TPSA) is 29.5 Å². The van der Waals surface area contributed by atoms with Crippen LogP contribution in [-0.2, 0) is 11.3 Å². The van der Waals surface area contributed by atoms with Crippen molar-refractivity contribution in [2.45, 2.75) is 19.4 Å². The highest BCUT2D eigenvalue weighted by molar-refractivity contribution is 9.10. The van der Waals surface area contributed by atoms with Gasteiger partial charge in [0.25, 0.3) is 0 Å². The van der Waals surface area contributed by atoms with Crippen LogP contribution in [0.15, 0.2) is 22.7 Å². The molecule has 0 bridgehead atoms. The van der Waals surface area contributed by atoms with Crippen molar-refractivity contribution in [2.75, 3.05) is 20.2 Å². The molecule has 2 rings (SSSR count). The predicted molar refractivity (Wildman–Crippen MR) is 70.2 cm³/mol. The zero-order chi connectivity index (χ0) is 12.3. The zero-order valence-electron chi connectivity index (χ0n) is 9.91. The summed E-state index contributed by atoms with van der Waals surface area (Å²) >= 11 is 3.53. The molecular weight excluding hydrogens is 282 g/mol. The number of hydrogen-bond donors (Lipinski definition) is 0. The Morgan fingerprint density at radius 1 is 1.47 bits per heavy atom. The van der Waals surface area contributed by atoms with Crippen LogP contribution in [0, 0.1) is 0 Å². The lowest BCUT2D eigenvalue weighted by molar-refractivity contribution is -0.122. The van der Waals surface area contributed by atoms with Crippen LogP contribution in [-0.4, -0.2) is 30.9 Å². The van der Waals surface area contributed by atoms with Crippen LogP contribution in [0.4, 0.5) is 0 Å². The molecule has 1 aromatic rings. The predicted octanol–water partition coefficient (Wildman–Crippen LogP) is 2.62. The van der Waals surface area contributed by atoms with E-state index in [1.807, 2.05) is 18.2 Å². The van der Waals surface area contributed by atoms with E-state index in [9.17, 15) is 4.79 Å². The van der Waals surface area contributed by atoms with Crippen molar-refractivity contribution in [3.05, 3.63) is 28.2 Å². The number of likely N-dealkylation sites (tertiary alicyclic amines) is 1. The highest BCUT2D eigenvalue weighted by Crippen LogP contribution is 2.24. The summed E-state index contributed by atoms with van der Waals surface area (Å²) < 4.78 is 6.28. The molecule has 1 fully saturated rings. The third-order valence-electron chi connectivity index (χ3n) is 2.98. The van der Waals surface area contributed by atoms with E-state index in [1.54, 1.807) is 7.11 Å². The number of benzene rings is 1. The van der Waals surface area contributed by atoms with E-state index in [4.69, 9.17) is 4.74 Å². The Hall–Kier alpha value is -0.870. The molecule has 0 saturated carbocycles. The minimum absolute atomic E-state index is 0.343. The third kappa shape index (κ3) is 3.30. The molecule has 1 saturated heterocycles. The molecule has 0 aromatic heterocycles. The maximum atomic E-state index is 11.4. The second-order valence-electron chi connectivity index (χ2n) is 4.31. The van der Waals surface area contributed by atoms with Crippen molar-refractivity contribution in [2.24, 2.45) is 0 Å². The lowest BCUT2D eigenvalue weighted by Gasteiger charge is -2.26. The van der Waals surface area contributed by atoms with Crippen molar-refractivity contribution in [1.82, 2.24) is 4.90 Å². The van der Waals surface area contributed by atoms with E-state index in [1.165, 1.54) is 5.56 Å². The molecule has 0 amide bonds. The fourth-order valence-corrected chi connectivity index (χ4v) is 2.45. The van der Waals surface area contributed by atoms with Gasteiger partial charge in [-0.3, -0.25) is 9.69 Å². The summed E-state index contributed by atoms with van der Waals surface area (Å²) in [4.78, 5) is 13.6. The van der Waals surface area contributed by atoms with E-state index >= 15 is 0 Å². The molecule has 1 heterocycles. The van der Waals surface area contributed by atoms with Crippen molar-refractivity contribution >= 4 is 21.7 Å². The Morgan fingerprint density at radius 2 is 2.29 bits per heavy atom. The Balaban J connectivity index is 2.09. The van der Waals surface area contributed by atoms with Gasteiger partial charge in [-0.1, -0.05) is 15.9 Å². The van der Waals surface area contributed by atoms with Gasteiger partial charge in [0.05, 0.1) is 13.7 Å². The Bertz CT molecular complexity index is 420. The molecule has 0 radical (unpaired) electrons. The quantitative estimate of drug-likeness (QED) is 0.859. The molecule has 0 aliphatic carbocycles. The van der Waals surface area contributed by atoms with E-state index in [0.717, 1.165) is 36.2 Å². The highest BCUT2D eigenvalue weighted by atomic mass is 79.9. The van der Waals surface area contributed by atoms with Crippen LogP contribution >= 0.6 is 15.9 Å². The normalized spacial score (nSPS) is 17.2. The van der Waals surface area contributed by atoms with Crippen LogP contribution in [0.2, 0.25) is 0 Å². The molecule has 3 nitrogen and oxygen atoms in total. The summed E-state index contributed by atoms with van der Waals surface area (Å²) in [5.74, 6) is 1.20. The molecule has 1 aliphatic rings. The van der Waals surface area contributed by atoms with Crippen molar-refractivity contribution in [1.29, 1.82) is 0 Å². The average molecular weight is 298 g/mol. The third-order valence-corrected chi connectivity index (χ3v) is 3.75. The van der Waals surface area contributed by atoms with Crippen molar-refractivity contribution in [3.8, 4) is 5.75 Å². The number of halogens is 1. The molecule has 17 heavy (non-hydrogen) atoms. The number of ketones is 1. The lowest BCUT2D eigenvalue weighted by Crippen LogP contribution is -2.35. The molecule has 0 spiro atoms. The highest BCUT2D eigenvalue weighted by Gasteiger charge is 2.17. The fraction of sp³-hybridized carbons (Fsp3) is 0.462. The Labute approximate surface area is 110 Å². The van der Waals surface area contributed by atoms with Gasteiger partial charge in [0.2, 0.25) is 0 Å². The summed E-state index contributed by atoms with van der Waals surface area (Å²) in [6.45, 7) is 2.36. The maximum Gasteiger partial charge on any atom is 0.146 e. The van der Waals surface area contributed by atoms with Crippen molar-refractivity contribution in [3.63, 3.8) is 0 Å². The molecule has 92 valence electrons. The smallest absolute Gasteiger partial charge is 0.146 e. The summed E-state index contributed by atoms with van der Waals surface area (Å²) in [6.07, 6.45) is 1.70. The van der Waals surface area contributed by atoms with Crippen LogP contribution < -0.4 is 4.74 Å². The van der Waals surface area contributed by atoms with E-state index in [2.05, 4.69) is 20.8 Å². The number of nitrogens with zero attached hydrogens (tertiary/aromatic N) is 1. The number of ether oxygens (including phenoxy) is 1. The maximum absolute atomic E-state index is 11.4. The first-order valence-corrected chi connectivity index (χ1v) is 6.55. The standard InChI is InChI=1S/C13H16BrNO2/c1-17-12-4-5-13(14)10(7-12)8-15-6-2-3-11(16)9-15/h4-5,7H,2-3,6,8-9H2,1H3. The van der Waals surface area contributed by atoms with Gasteiger partial charge < -0.3 is 4.74 Å². The summed E-state index contributed by atoms with van der Waals surface area (Å²) in [5.41, 5.74) is 1.17. The van der Waals surface area contributed by atoms with Gasteiger partial charge in [-0.2, -0.15) is 0 Å². The number of piperidine rings is 1. The zero-order valence-corrected chi connectivity index (χ0v) is 11.5. The number of Topliss-reactive ketones (excluding diaryl/α,β-unsaturated/α-hetero) is 1. The number of methoxy groups -OCH3 is 1. The second-order valence-corrected chi connectivity index (χ2v) is 5.16. The van der Waals surface area contributed by atoms with Gasteiger partial charge in [-0.05, 0) is 36.7 Å². The number of carbonyl (C=O) groups is 1. The molecular formula is C13H16BrNO2. The fourth-order valence-electron chi connectivity index (χ4n) is 2.08. The van der Waals surface area contributed by atoms with Gasteiger partial charge >= 0.3 is 0 Å². The minimum Gasteiger partial charge on any atom is -0.497 e. The summed E-state index contributed by atoms with van der Waals surface area (Å²) in [5, 5.41) is 0. The lowest BCUT2D eigenvalue weighted by atomic mass is 10.1. The van der Waals surface area contributed by atoms with Crippen LogP contribution in [0.3, 0.4) is 0 Å². The summed E-state index contributed by atoms with van der Waals surface area (Å²) in [6, 6.07) is 5.93. The van der Waals surface area contributed by atoms with E-state index in [-0.39, 0.29) is 0 Å². The molecule has 1 aromatic carbocycles. The van der Waals surface area contributed by atoms with Crippen molar-refractivity contribution < 1.29 is 9.53 Å². The van der Waals surface area contributed by atoms with Gasteiger partial charge in [-0.25, -0.2) is 0 Å². The Morgan fingerprint density at radius 3 is 3.00 bits per heavy atom. The van der Waals surface area contributed by atoms with Crippen LogP contribution in [0.1, 0.15) is 18.4 Å². The molecule has 0 N–H and O–H groups in total. The molecule has 0 atom stereocenters. The van der Waals surface area contributed by atoms with Crippen LogP contribution in [0.5, 0.6) is 5.75 Å². The Kier molecular flexibility index (Phi) is 4.18. The molecule has 4 heteroatoms. The second kappa shape index (κ2) is 5.65. The van der Waals surface area contributed by atoms with E-state index < -0.39 is 0 Å². The SMILES string of the molecule is COc1ccc(Br)c(CN2CCCC(=O)C2)c1. The monoisotopic (exact) mass is 297 g/mol. The minimum atomic E-state index is 0.343. The summed E-state index contributed by atoms with van der Waals surface area (Å²) in [7, 11) is 1.66. The number of hydrogen-bond acceptors (Lipinski definition) is 3. The number of carbonyl (C=O) groups excluding carboxylic acids is 1. The average Bonchev–Trinajstić information content (AvgIpc) is 2.32. The first kappa shape index (κ1) is 12.6. The van der Waals surface area contributed by atoms with Gasteiger partial charge in [-0.15, -0.1) is 0 Å². The first-order chi connectivity index (χ1) is 8.19. The van der Waals surface area contributed by atoms with E-state index in [0.29, 0.717) is 12.3 Å². The molecule has 1 aliphatic heterocycles. The van der Waals surface area contributed by atoms with Gasteiger partial charge in [0.1, 0.15) is 11.5 Å². The number of rotatable bonds is 3. The largest absolute Gasteiger partial charge is 0.497 e. The first-order valence-electron chi connectivity index (χ1n) is 5.75. The molecule has 0 unspecified atom stereocenters. The van der Waals surface area contributed by atoms with Crippen LogP contribution in [0.25, 0.3) is 0 Å². The van der Waals surface area contributed by atoms with Gasteiger partial charge in [0, 0.05) is 17.4 Å².